The molecule has 1 N–H and O–H groups in total. The maximum atomic E-state index is 12.3. The molecule has 3 heteroatoms. The molecule has 0 aliphatic heterocycles. The Bertz CT molecular complexity index is 949. The van der Waals surface area contributed by atoms with E-state index in [1.54, 1.807) is 0 Å². The van der Waals surface area contributed by atoms with Crippen molar-refractivity contribution in [3.63, 3.8) is 0 Å². The number of para-hydroxylation sites is 1. The van der Waals surface area contributed by atoms with Crippen molar-refractivity contribution in [2.45, 2.75) is 0 Å². The lowest BCUT2D eigenvalue weighted by Crippen LogP contribution is -1.93. The normalized spacial score (nSPS) is 11.6. The van der Waals surface area contributed by atoms with Crippen molar-refractivity contribution in [3.05, 3.63) is 58.1 Å². The summed E-state index contributed by atoms with van der Waals surface area (Å²) in [6, 6.07) is 16.0. The van der Waals surface area contributed by atoms with Gasteiger partial charge in [-0.15, -0.1) is 0 Å². The molecule has 0 bridgehead atoms. The number of hydrogen-bond donors (Lipinski definition) is 1. The molecule has 0 atom stereocenters. The van der Waals surface area contributed by atoms with E-state index in [9.17, 15) is 4.79 Å². The molecule has 18 heavy (non-hydrogen) atoms. The number of aromatic nitrogens is 1. The highest BCUT2D eigenvalue weighted by molar-refractivity contribution is 7.17. The van der Waals surface area contributed by atoms with Crippen LogP contribution in [0.3, 0.4) is 0 Å². The van der Waals surface area contributed by atoms with Crippen LogP contribution in [-0.2, 0) is 0 Å². The Hall–Kier alpha value is -2.13. The van der Waals surface area contributed by atoms with E-state index in [1.165, 1.54) is 11.3 Å². The average molecular weight is 251 g/mol. The van der Waals surface area contributed by atoms with Gasteiger partial charge in [-0.3, -0.25) is 4.79 Å². The van der Waals surface area contributed by atoms with Crippen LogP contribution in [-0.4, -0.2) is 4.98 Å². The largest absolute Gasteiger partial charge is 0.354 e. The molecule has 2 aromatic heterocycles. The molecule has 4 rings (SSSR count). The Morgan fingerprint density at radius 2 is 1.61 bits per heavy atom. The molecule has 0 spiro atoms. The molecule has 2 nitrogen and oxygen atoms in total. The lowest BCUT2D eigenvalue weighted by molar-refractivity contribution is 1.56. The van der Waals surface area contributed by atoms with Gasteiger partial charge in [-0.2, -0.15) is 0 Å². The van der Waals surface area contributed by atoms with Gasteiger partial charge in [0.1, 0.15) is 0 Å². The molecule has 0 unspecified atom stereocenters. The molecule has 0 aliphatic rings. The standard InChI is InChI=1S/C15H9NOS/c17-15-13-9-5-1-3-7-11(9)16-14(13)10-6-2-4-8-12(10)18-15/h1-8,16H. The van der Waals surface area contributed by atoms with Gasteiger partial charge < -0.3 is 4.98 Å². The van der Waals surface area contributed by atoms with E-state index in [4.69, 9.17) is 0 Å². The number of rotatable bonds is 0. The predicted octanol–water partition coefficient (Wildman–Crippen LogP) is 3.90. The van der Waals surface area contributed by atoms with Gasteiger partial charge in [0, 0.05) is 21.0 Å². The first-order chi connectivity index (χ1) is 8.84. The van der Waals surface area contributed by atoms with Crippen LogP contribution < -0.4 is 4.74 Å². The average Bonchev–Trinajstić information content (AvgIpc) is 2.79. The Balaban J connectivity index is 2.42. The molecule has 4 aromatic rings. The number of hydrogen-bond acceptors (Lipinski definition) is 2. The van der Waals surface area contributed by atoms with Crippen LogP contribution in [0.5, 0.6) is 0 Å². The van der Waals surface area contributed by atoms with Crippen molar-refractivity contribution in [1.29, 1.82) is 0 Å². The van der Waals surface area contributed by atoms with E-state index in [0.717, 1.165) is 31.9 Å². The van der Waals surface area contributed by atoms with E-state index in [1.807, 2.05) is 42.5 Å². The number of fused-ring (bicyclic) bond motifs is 5. The fourth-order valence-corrected chi connectivity index (χ4v) is 3.41. The van der Waals surface area contributed by atoms with E-state index in [2.05, 4.69) is 11.1 Å². The number of nitrogens with one attached hydrogen (secondary N) is 1. The van der Waals surface area contributed by atoms with E-state index in [0.29, 0.717) is 0 Å². The van der Waals surface area contributed by atoms with Crippen LogP contribution in [0.25, 0.3) is 31.9 Å². The maximum absolute atomic E-state index is 12.3. The quantitative estimate of drug-likeness (QED) is 0.505. The van der Waals surface area contributed by atoms with E-state index >= 15 is 0 Å². The highest BCUT2D eigenvalue weighted by Gasteiger charge is 2.10. The van der Waals surface area contributed by atoms with Gasteiger partial charge in [-0.1, -0.05) is 47.7 Å². The first kappa shape index (κ1) is 9.85. The topological polar surface area (TPSA) is 32.9 Å². The summed E-state index contributed by atoms with van der Waals surface area (Å²) in [7, 11) is 0. The molecule has 0 radical (unpaired) electrons. The van der Waals surface area contributed by atoms with Gasteiger partial charge in [-0.05, 0) is 12.1 Å². The summed E-state index contributed by atoms with van der Waals surface area (Å²) in [6.45, 7) is 0. The van der Waals surface area contributed by atoms with Crippen LogP contribution in [0.1, 0.15) is 0 Å². The second kappa shape index (κ2) is 3.43. The second-order valence-corrected chi connectivity index (χ2v) is 5.32. The Morgan fingerprint density at radius 3 is 2.50 bits per heavy atom. The third-order valence-corrected chi connectivity index (χ3v) is 4.23. The van der Waals surface area contributed by atoms with Gasteiger partial charge in [0.25, 0.3) is 0 Å². The van der Waals surface area contributed by atoms with Crippen molar-refractivity contribution in [2.75, 3.05) is 0 Å². The molecule has 0 saturated heterocycles. The molecule has 0 fully saturated rings. The second-order valence-electron chi connectivity index (χ2n) is 4.31. The summed E-state index contributed by atoms with van der Waals surface area (Å²) in [5.74, 6) is 0. The van der Waals surface area contributed by atoms with Gasteiger partial charge in [0.2, 0.25) is 4.74 Å². The maximum Gasteiger partial charge on any atom is 0.242 e. The summed E-state index contributed by atoms with van der Waals surface area (Å²) in [5, 5.41) is 2.95. The van der Waals surface area contributed by atoms with Crippen molar-refractivity contribution >= 4 is 43.2 Å². The summed E-state index contributed by atoms with van der Waals surface area (Å²) < 4.78 is 1.16. The third kappa shape index (κ3) is 1.19. The highest BCUT2D eigenvalue weighted by atomic mass is 32.1. The summed E-state index contributed by atoms with van der Waals surface area (Å²) in [6.07, 6.45) is 0. The van der Waals surface area contributed by atoms with Crippen molar-refractivity contribution < 1.29 is 0 Å². The van der Waals surface area contributed by atoms with E-state index < -0.39 is 0 Å². The lowest BCUT2D eigenvalue weighted by atomic mass is 10.2. The highest BCUT2D eigenvalue weighted by Crippen LogP contribution is 2.29. The first-order valence-electron chi connectivity index (χ1n) is 5.77. The first-order valence-corrected chi connectivity index (χ1v) is 6.58. The lowest BCUT2D eigenvalue weighted by Gasteiger charge is -1.97. The van der Waals surface area contributed by atoms with Crippen molar-refractivity contribution in [2.24, 2.45) is 0 Å². The smallest absolute Gasteiger partial charge is 0.242 e. The molecule has 2 heterocycles. The minimum Gasteiger partial charge on any atom is -0.354 e. The van der Waals surface area contributed by atoms with Crippen LogP contribution in [0.4, 0.5) is 0 Å². The van der Waals surface area contributed by atoms with E-state index in [-0.39, 0.29) is 4.74 Å². The molecule has 0 aliphatic carbocycles. The minimum atomic E-state index is 0.126. The zero-order valence-electron chi connectivity index (χ0n) is 9.44. The van der Waals surface area contributed by atoms with Crippen LogP contribution >= 0.6 is 11.3 Å². The molecular weight excluding hydrogens is 242 g/mol. The SMILES string of the molecule is O=c1sc2ccccc2c2[nH]c3ccccc3c12. The van der Waals surface area contributed by atoms with Crippen LogP contribution in [0, 0.1) is 0 Å². The number of H-pyrrole nitrogens is 1. The summed E-state index contributed by atoms with van der Waals surface area (Å²) in [4.78, 5) is 15.6. The minimum absolute atomic E-state index is 0.126. The Labute approximate surface area is 106 Å². The molecule has 0 saturated carbocycles. The van der Waals surface area contributed by atoms with Gasteiger partial charge in [0.15, 0.2) is 0 Å². The molecule has 86 valence electrons. The van der Waals surface area contributed by atoms with Gasteiger partial charge in [0.05, 0.1) is 10.9 Å². The molecule has 2 aromatic carbocycles. The Morgan fingerprint density at radius 1 is 0.889 bits per heavy atom. The van der Waals surface area contributed by atoms with Gasteiger partial charge >= 0.3 is 0 Å². The number of benzene rings is 2. The van der Waals surface area contributed by atoms with Crippen LogP contribution in [0.2, 0.25) is 0 Å². The molecular formula is C15H9NOS. The zero-order valence-corrected chi connectivity index (χ0v) is 10.3. The molecule has 0 amide bonds. The third-order valence-electron chi connectivity index (χ3n) is 3.27. The zero-order chi connectivity index (χ0) is 12.1. The van der Waals surface area contributed by atoms with Crippen LogP contribution in [0.15, 0.2) is 53.3 Å². The fourth-order valence-electron chi connectivity index (χ4n) is 2.47. The van der Waals surface area contributed by atoms with Crippen molar-refractivity contribution in [1.82, 2.24) is 4.98 Å². The monoisotopic (exact) mass is 251 g/mol. The van der Waals surface area contributed by atoms with Crippen molar-refractivity contribution in [3.8, 4) is 0 Å². The predicted molar refractivity (Wildman–Crippen MR) is 77.5 cm³/mol. The summed E-state index contributed by atoms with van der Waals surface area (Å²) >= 11 is 1.32. The summed E-state index contributed by atoms with van der Waals surface area (Å²) in [5.41, 5.74) is 1.98. The Kier molecular flexibility index (Phi) is 1.88. The van der Waals surface area contributed by atoms with Gasteiger partial charge in [-0.25, -0.2) is 0 Å². The number of aromatic amines is 1. The fraction of sp³-hybridized carbons (Fsp3) is 0.